The molecule has 0 bridgehead atoms. The van der Waals surface area contributed by atoms with Crippen LogP contribution in [0.4, 0.5) is 0 Å². The van der Waals surface area contributed by atoms with Crippen molar-refractivity contribution in [2.75, 3.05) is 6.61 Å². The van der Waals surface area contributed by atoms with Crippen molar-refractivity contribution in [3.63, 3.8) is 0 Å². The van der Waals surface area contributed by atoms with E-state index in [1.54, 1.807) is 12.1 Å². The van der Waals surface area contributed by atoms with Gasteiger partial charge in [-0.3, -0.25) is 4.98 Å². The number of aromatic carboxylic acids is 1. The molecule has 0 amide bonds. The van der Waals surface area contributed by atoms with Crippen LogP contribution >= 0.6 is 0 Å². The maximum Gasteiger partial charge on any atom is 0.337 e. The Morgan fingerprint density at radius 2 is 1.85 bits per heavy atom. The van der Waals surface area contributed by atoms with Gasteiger partial charge < -0.3 is 9.84 Å². The third-order valence-corrected chi connectivity index (χ3v) is 3.00. The van der Waals surface area contributed by atoms with Gasteiger partial charge in [0.1, 0.15) is 5.75 Å². The molecule has 2 aromatic rings. The van der Waals surface area contributed by atoms with Crippen LogP contribution in [0, 0.1) is 0 Å². The van der Waals surface area contributed by atoms with Crippen LogP contribution in [-0.2, 0) is 6.42 Å². The quantitative estimate of drug-likeness (QED) is 0.905. The summed E-state index contributed by atoms with van der Waals surface area (Å²) in [7, 11) is 0. The maximum absolute atomic E-state index is 11.1. The highest BCUT2D eigenvalue weighted by Crippen LogP contribution is 2.22. The van der Waals surface area contributed by atoms with Crippen molar-refractivity contribution in [3.8, 4) is 17.0 Å². The number of ether oxygens (including phenoxy) is 1. The van der Waals surface area contributed by atoms with E-state index < -0.39 is 5.97 Å². The largest absolute Gasteiger partial charge is 0.494 e. The summed E-state index contributed by atoms with van der Waals surface area (Å²) in [6.07, 6.45) is 0.590. The Labute approximate surface area is 118 Å². The second-order valence-corrected chi connectivity index (χ2v) is 4.31. The molecule has 4 nitrogen and oxygen atoms in total. The summed E-state index contributed by atoms with van der Waals surface area (Å²) in [6.45, 7) is 4.47. The van der Waals surface area contributed by atoms with E-state index >= 15 is 0 Å². The fraction of sp³-hybridized carbons (Fsp3) is 0.250. The zero-order valence-corrected chi connectivity index (χ0v) is 11.6. The lowest BCUT2D eigenvalue weighted by Crippen LogP contribution is -2.04. The van der Waals surface area contributed by atoms with Crippen LogP contribution in [0.15, 0.2) is 36.4 Å². The Morgan fingerprint density at radius 1 is 1.15 bits per heavy atom. The lowest BCUT2D eigenvalue weighted by molar-refractivity contribution is 0.0695. The average Bonchev–Trinajstić information content (AvgIpc) is 2.47. The summed E-state index contributed by atoms with van der Waals surface area (Å²) in [5.41, 5.74) is 2.58. The molecule has 1 aromatic carbocycles. The number of carboxylic acids is 1. The first-order valence-corrected chi connectivity index (χ1v) is 6.62. The predicted octanol–water partition coefficient (Wildman–Crippen LogP) is 3.41. The molecule has 20 heavy (non-hydrogen) atoms. The normalized spacial score (nSPS) is 10.3. The molecule has 0 unspecified atom stereocenters. The van der Waals surface area contributed by atoms with E-state index in [0.29, 0.717) is 18.7 Å². The lowest BCUT2D eigenvalue weighted by Gasteiger charge is -2.08. The first-order chi connectivity index (χ1) is 9.65. The Morgan fingerprint density at radius 3 is 2.40 bits per heavy atom. The van der Waals surface area contributed by atoms with Crippen molar-refractivity contribution in [2.24, 2.45) is 0 Å². The summed E-state index contributed by atoms with van der Waals surface area (Å²) >= 11 is 0. The van der Waals surface area contributed by atoms with E-state index in [2.05, 4.69) is 4.98 Å². The van der Waals surface area contributed by atoms with E-state index in [9.17, 15) is 4.79 Å². The van der Waals surface area contributed by atoms with Gasteiger partial charge in [0.05, 0.1) is 23.6 Å². The minimum atomic E-state index is -0.937. The van der Waals surface area contributed by atoms with Gasteiger partial charge in [0.25, 0.3) is 0 Å². The van der Waals surface area contributed by atoms with Gasteiger partial charge in [0, 0.05) is 5.56 Å². The minimum Gasteiger partial charge on any atom is -0.494 e. The molecule has 0 aliphatic heterocycles. The highest BCUT2D eigenvalue weighted by atomic mass is 16.5. The highest BCUT2D eigenvalue weighted by Gasteiger charge is 2.11. The van der Waals surface area contributed by atoms with E-state index in [1.807, 2.05) is 38.1 Å². The van der Waals surface area contributed by atoms with Crippen LogP contribution in [0.25, 0.3) is 11.3 Å². The second-order valence-electron chi connectivity index (χ2n) is 4.31. The highest BCUT2D eigenvalue weighted by molar-refractivity contribution is 5.89. The van der Waals surface area contributed by atoms with Crippen LogP contribution in [0.1, 0.15) is 29.9 Å². The molecular formula is C16H17NO3. The van der Waals surface area contributed by atoms with Gasteiger partial charge in [-0.25, -0.2) is 4.79 Å². The summed E-state index contributed by atoms with van der Waals surface area (Å²) < 4.78 is 5.39. The molecule has 0 radical (unpaired) electrons. The van der Waals surface area contributed by atoms with Crippen LogP contribution < -0.4 is 4.74 Å². The number of pyridine rings is 1. The molecule has 0 saturated carbocycles. The number of hydrogen-bond acceptors (Lipinski definition) is 3. The Bertz CT molecular complexity index is 606. The van der Waals surface area contributed by atoms with Gasteiger partial charge in [0.2, 0.25) is 0 Å². The van der Waals surface area contributed by atoms with Crippen molar-refractivity contribution in [3.05, 3.63) is 47.7 Å². The van der Waals surface area contributed by atoms with Crippen molar-refractivity contribution >= 4 is 5.97 Å². The summed E-state index contributed by atoms with van der Waals surface area (Å²) in [5, 5.41) is 9.10. The van der Waals surface area contributed by atoms with E-state index in [0.717, 1.165) is 17.0 Å². The summed E-state index contributed by atoms with van der Waals surface area (Å²) in [5.74, 6) is -0.123. The SMILES string of the molecule is CCOc1ccc(-c2ccc(C(=O)O)c(CC)n2)cc1. The monoisotopic (exact) mass is 271 g/mol. The molecule has 0 atom stereocenters. The molecule has 0 aliphatic carbocycles. The van der Waals surface area contributed by atoms with Crippen LogP contribution in [-0.4, -0.2) is 22.7 Å². The predicted molar refractivity (Wildman–Crippen MR) is 77.2 cm³/mol. The van der Waals surface area contributed by atoms with Gasteiger partial charge in [-0.1, -0.05) is 6.92 Å². The standard InChI is InChI=1S/C16H17NO3/c1-3-14-13(16(18)19)9-10-15(17-14)11-5-7-12(8-6-11)20-4-2/h5-10H,3-4H2,1-2H3,(H,18,19). The van der Waals surface area contributed by atoms with Gasteiger partial charge in [0.15, 0.2) is 0 Å². The number of nitrogens with zero attached hydrogens (tertiary/aromatic N) is 1. The van der Waals surface area contributed by atoms with Crippen molar-refractivity contribution in [1.82, 2.24) is 4.98 Å². The van der Waals surface area contributed by atoms with Crippen molar-refractivity contribution in [2.45, 2.75) is 20.3 Å². The number of aromatic nitrogens is 1. The average molecular weight is 271 g/mol. The number of rotatable bonds is 5. The van der Waals surface area contributed by atoms with E-state index in [1.165, 1.54) is 0 Å². The van der Waals surface area contributed by atoms with Gasteiger partial charge in [-0.2, -0.15) is 0 Å². The number of benzene rings is 1. The first kappa shape index (κ1) is 14.1. The summed E-state index contributed by atoms with van der Waals surface area (Å²) in [6, 6.07) is 11.0. The topological polar surface area (TPSA) is 59.4 Å². The first-order valence-electron chi connectivity index (χ1n) is 6.62. The maximum atomic E-state index is 11.1. The van der Waals surface area contributed by atoms with Gasteiger partial charge in [-0.15, -0.1) is 0 Å². The second kappa shape index (κ2) is 6.19. The number of carboxylic acid groups (broad SMARTS) is 1. The molecule has 1 N–H and O–H groups in total. The minimum absolute atomic E-state index is 0.266. The third-order valence-electron chi connectivity index (χ3n) is 3.00. The Hall–Kier alpha value is -2.36. The molecule has 1 aromatic heterocycles. The van der Waals surface area contributed by atoms with Crippen LogP contribution in [0.2, 0.25) is 0 Å². The zero-order valence-electron chi connectivity index (χ0n) is 11.6. The van der Waals surface area contributed by atoms with Crippen molar-refractivity contribution in [1.29, 1.82) is 0 Å². The molecular weight excluding hydrogens is 254 g/mol. The smallest absolute Gasteiger partial charge is 0.337 e. The molecule has 1 heterocycles. The van der Waals surface area contributed by atoms with Crippen LogP contribution in [0.3, 0.4) is 0 Å². The van der Waals surface area contributed by atoms with Crippen LogP contribution in [0.5, 0.6) is 5.75 Å². The van der Waals surface area contributed by atoms with E-state index in [4.69, 9.17) is 9.84 Å². The lowest BCUT2D eigenvalue weighted by atomic mass is 10.1. The number of aryl methyl sites for hydroxylation is 1. The molecule has 4 heteroatoms. The Kier molecular flexibility index (Phi) is 4.35. The fourth-order valence-electron chi connectivity index (χ4n) is 2.01. The summed E-state index contributed by atoms with van der Waals surface area (Å²) in [4.78, 5) is 15.5. The molecule has 0 fully saturated rings. The van der Waals surface area contributed by atoms with E-state index in [-0.39, 0.29) is 5.56 Å². The van der Waals surface area contributed by atoms with Gasteiger partial charge >= 0.3 is 5.97 Å². The molecule has 104 valence electrons. The molecule has 0 saturated heterocycles. The fourth-order valence-corrected chi connectivity index (χ4v) is 2.01. The molecule has 0 spiro atoms. The zero-order chi connectivity index (χ0) is 14.5. The van der Waals surface area contributed by atoms with Crippen molar-refractivity contribution < 1.29 is 14.6 Å². The molecule has 2 rings (SSSR count). The third kappa shape index (κ3) is 2.96. The Balaban J connectivity index is 2.35. The van der Waals surface area contributed by atoms with Gasteiger partial charge in [-0.05, 0) is 49.7 Å². The number of carbonyl (C=O) groups is 1. The molecule has 0 aliphatic rings. The number of hydrogen-bond donors (Lipinski definition) is 1.